The smallest absolute Gasteiger partial charge is 0.0573 e. The van der Waals surface area contributed by atoms with Gasteiger partial charge in [-0.15, -0.1) is 0 Å². The normalized spacial score (nSPS) is 35.2. The van der Waals surface area contributed by atoms with E-state index in [0.29, 0.717) is 10.8 Å². The predicted molar refractivity (Wildman–Crippen MR) is 94.9 cm³/mol. The molecule has 0 heterocycles. The van der Waals surface area contributed by atoms with Crippen LogP contribution >= 0.6 is 15.9 Å². The number of allylic oxidation sites excluding steroid dienone is 2. The number of halogens is 1. The Morgan fingerprint density at radius 3 is 2.19 bits per heavy atom. The predicted octanol–water partition coefficient (Wildman–Crippen LogP) is 6.58. The molecule has 1 aliphatic rings. The van der Waals surface area contributed by atoms with E-state index in [1.807, 2.05) is 24.3 Å². The summed E-state index contributed by atoms with van der Waals surface area (Å²) in [5.41, 5.74) is 0.223. The molecule has 0 amide bonds. The number of hydrogen-bond acceptors (Lipinski definition) is 0. The standard InChI is InChI=1S/C20H17Br/c21-20-17-12-6-4-10-15(17)19(14-8-2-1-3-9-14)16-11-5-7-13-18(16)20/h2,4-8,10-14H,1,3,9H2/i1D2,2D,3D2,9D2,14D. The minimum atomic E-state index is -3.09. The van der Waals surface area contributed by atoms with Gasteiger partial charge in [0.25, 0.3) is 0 Å². The van der Waals surface area contributed by atoms with Gasteiger partial charge in [0, 0.05) is 20.0 Å². The first kappa shape index (κ1) is 7.11. The highest BCUT2D eigenvalue weighted by molar-refractivity contribution is 9.10. The van der Waals surface area contributed by atoms with Crippen LogP contribution in [0, 0.1) is 0 Å². The average molecular weight is 345 g/mol. The Hall–Kier alpha value is -1.60. The maximum Gasteiger partial charge on any atom is 0.0573 e. The largest absolute Gasteiger partial charge is 0.0879 e. The molecule has 0 fully saturated rings. The van der Waals surface area contributed by atoms with Gasteiger partial charge in [-0.2, -0.15) is 0 Å². The van der Waals surface area contributed by atoms with Gasteiger partial charge in [-0.05, 0) is 62.2 Å². The van der Waals surface area contributed by atoms with Crippen molar-refractivity contribution in [3.8, 4) is 0 Å². The topological polar surface area (TPSA) is 0 Å². The van der Waals surface area contributed by atoms with Crippen molar-refractivity contribution >= 4 is 37.5 Å². The van der Waals surface area contributed by atoms with Gasteiger partial charge < -0.3 is 0 Å². The second-order valence-corrected chi connectivity index (χ2v) is 5.65. The molecule has 3 aromatic carbocycles. The van der Waals surface area contributed by atoms with E-state index >= 15 is 0 Å². The lowest BCUT2D eigenvalue weighted by Gasteiger charge is -2.22. The van der Waals surface area contributed by atoms with E-state index in [1.165, 1.54) is 0 Å². The van der Waals surface area contributed by atoms with Crippen molar-refractivity contribution in [2.75, 3.05) is 0 Å². The molecular formula is C20H17Br. The number of rotatable bonds is 1. The Balaban J connectivity index is 2.25. The van der Waals surface area contributed by atoms with Crippen molar-refractivity contribution in [1.82, 2.24) is 0 Å². The van der Waals surface area contributed by atoms with Crippen molar-refractivity contribution in [2.45, 2.75) is 25.0 Å². The fourth-order valence-electron chi connectivity index (χ4n) is 2.78. The van der Waals surface area contributed by atoms with E-state index < -0.39 is 31.1 Å². The van der Waals surface area contributed by atoms with Gasteiger partial charge in [0.15, 0.2) is 0 Å². The van der Waals surface area contributed by atoms with Crippen LogP contribution in [-0.2, 0) is 0 Å². The van der Waals surface area contributed by atoms with E-state index in [-0.39, 0.29) is 5.56 Å². The van der Waals surface area contributed by atoms with E-state index in [9.17, 15) is 0 Å². The molecule has 1 heteroatoms. The molecule has 0 saturated carbocycles. The summed E-state index contributed by atoms with van der Waals surface area (Å²) in [5, 5.41) is 2.58. The van der Waals surface area contributed by atoms with Crippen LogP contribution in [-0.4, -0.2) is 0 Å². The summed E-state index contributed by atoms with van der Waals surface area (Å²) in [6.45, 7) is 0. The maximum absolute atomic E-state index is 9.17. The molecule has 0 aliphatic heterocycles. The Morgan fingerprint density at radius 2 is 1.57 bits per heavy atom. The van der Waals surface area contributed by atoms with Gasteiger partial charge in [0.2, 0.25) is 0 Å². The summed E-state index contributed by atoms with van der Waals surface area (Å²) < 4.78 is 67.8. The molecule has 0 spiro atoms. The summed E-state index contributed by atoms with van der Waals surface area (Å²) >= 11 is 3.60. The molecule has 0 saturated heterocycles. The summed E-state index contributed by atoms with van der Waals surface area (Å²) in [5.74, 6) is -2.32. The summed E-state index contributed by atoms with van der Waals surface area (Å²) in [7, 11) is 0. The van der Waals surface area contributed by atoms with Gasteiger partial charge in [-0.1, -0.05) is 60.7 Å². The maximum atomic E-state index is 9.17. The van der Waals surface area contributed by atoms with Crippen LogP contribution in [0.4, 0.5) is 0 Å². The van der Waals surface area contributed by atoms with Gasteiger partial charge in [-0.3, -0.25) is 0 Å². The Morgan fingerprint density at radius 1 is 1.00 bits per heavy atom. The third-order valence-corrected chi connectivity index (χ3v) is 4.54. The fourth-order valence-corrected chi connectivity index (χ4v) is 3.47. The Bertz CT molecular complexity index is 1130. The highest BCUT2D eigenvalue weighted by Gasteiger charge is 2.19. The molecule has 3 aromatic rings. The minimum absolute atomic E-state index is 0.223. The molecule has 4 rings (SSSR count). The van der Waals surface area contributed by atoms with Crippen molar-refractivity contribution in [3.63, 3.8) is 0 Å². The van der Waals surface area contributed by atoms with Gasteiger partial charge >= 0.3 is 0 Å². The molecule has 1 aliphatic carbocycles. The van der Waals surface area contributed by atoms with E-state index in [2.05, 4.69) is 15.9 Å². The van der Waals surface area contributed by atoms with Crippen molar-refractivity contribution in [3.05, 3.63) is 70.7 Å². The second kappa shape index (κ2) is 5.31. The SMILES string of the molecule is [2H]C1=CC([2H])(c2c3ccccc3c(Br)c3ccccc23)C([2H])([2H])C([2H])([2H])C1([2H])[2H]. The van der Waals surface area contributed by atoms with E-state index in [4.69, 9.17) is 11.0 Å². The molecule has 0 radical (unpaired) electrons. The monoisotopic (exact) mass is 344 g/mol. The molecule has 0 aromatic heterocycles. The zero-order chi connectivity index (χ0) is 21.4. The average Bonchev–Trinajstić information content (AvgIpc) is 2.67. The van der Waals surface area contributed by atoms with Gasteiger partial charge in [0.05, 0.1) is 1.37 Å². The van der Waals surface area contributed by atoms with Crippen LogP contribution in [0.5, 0.6) is 0 Å². The molecular weight excluding hydrogens is 320 g/mol. The Labute approximate surface area is 144 Å². The highest BCUT2D eigenvalue weighted by atomic mass is 79.9. The first-order chi connectivity index (χ1) is 13.4. The minimum Gasteiger partial charge on any atom is -0.0879 e. The third kappa shape index (κ3) is 2.11. The van der Waals surface area contributed by atoms with Gasteiger partial charge in [-0.25, -0.2) is 0 Å². The highest BCUT2D eigenvalue weighted by Crippen LogP contribution is 2.42. The fraction of sp³-hybridized carbons (Fsp3) is 0.200. The molecule has 0 nitrogen and oxygen atoms in total. The van der Waals surface area contributed by atoms with Crippen molar-refractivity contribution in [1.29, 1.82) is 0 Å². The second-order valence-electron chi connectivity index (χ2n) is 4.86. The molecule has 1 unspecified atom stereocenters. The Kier molecular flexibility index (Phi) is 1.80. The first-order valence-electron chi connectivity index (χ1n) is 10.7. The number of hydrogen-bond donors (Lipinski definition) is 0. The summed E-state index contributed by atoms with van der Waals surface area (Å²) in [6.07, 6.45) is -7.98. The first-order valence-corrected chi connectivity index (χ1v) is 7.46. The third-order valence-electron chi connectivity index (χ3n) is 3.68. The van der Waals surface area contributed by atoms with Crippen molar-refractivity contribution < 1.29 is 11.0 Å². The van der Waals surface area contributed by atoms with Crippen LogP contribution in [0.3, 0.4) is 0 Å². The number of fused-ring (bicyclic) bond motifs is 2. The summed E-state index contributed by atoms with van der Waals surface area (Å²) in [6, 6.07) is 13.6. The lowest BCUT2D eigenvalue weighted by Crippen LogP contribution is -2.02. The zero-order valence-electron chi connectivity index (χ0n) is 19.1. The van der Waals surface area contributed by atoms with Crippen molar-refractivity contribution in [2.24, 2.45) is 0 Å². The van der Waals surface area contributed by atoms with Crippen LogP contribution in [0.15, 0.2) is 65.1 Å². The lowest BCUT2D eigenvalue weighted by atomic mass is 9.83. The molecule has 0 N–H and O–H groups in total. The molecule has 0 bridgehead atoms. The van der Waals surface area contributed by atoms with Crippen LogP contribution in [0.25, 0.3) is 21.5 Å². The van der Waals surface area contributed by atoms with Gasteiger partial charge in [0.1, 0.15) is 0 Å². The molecule has 104 valence electrons. The summed E-state index contributed by atoms with van der Waals surface area (Å²) in [4.78, 5) is 0. The van der Waals surface area contributed by atoms with Crippen LogP contribution in [0.2, 0.25) is 0 Å². The van der Waals surface area contributed by atoms with Crippen LogP contribution in [0.1, 0.15) is 41.5 Å². The van der Waals surface area contributed by atoms with E-state index in [0.717, 1.165) is 21.3 Å². The zero-order valence-corrected chi connectivity index (χ0v) is 12.7. The quantitative estimate of drug-likeness (QED) is 0.345. The van der Waals surface area contributed by atoms with Crippen LogP contribution < -0.4 is 0 Å². The number of benzene rings is 3. The molecule has 1 atom stereocenters. The van der Waals surface area contributed by atoms with E-state index in [1.54, 1.807) is 24.3 Å². The lowest BCUT2D eigenvalue weighted by molar-refractivity contribution is 0.660. The molecule has 21 heavy (non-hydrogen) atoms.